The third-order valence-electron chi connectivity index (χ3n) is 5.36. The number of nitrogens with one attached hydrogen (secondary N) is 1. The van der Waals surface area contributed by atoms with Gasteiger partial charge in [0.25, 0.3) is 0 Å². The number of rotatable bonds is 7. The van der Waals surface area contributed by atoms with Crippen molar-refractivity contribution >= 4 is 27.5 Å². The number of amides is 1. The standard InChI is InChI=1S/C21H29BrN2O/c1-7-20(4,5)21(11-12-23-6)17-9-8-16(22)14-18(17)24(19(21)25)13-10-15(2)3/h7-10,14,23H,1,11-13H2,2-6H3. The first-order valence-corrected chi connectivity index (χ1v) is 9.54. The molecule has 0 saturated carbocycles. The van der Waals surface area contributed by atoms with Gasteiger partial charge in [-0.3, -0.25) is 4.79 Å². The average Bonchev–Trinajstić information content (AvgIpc) is 2.79. The molecular weight excluding hydrogens is 376 g/mol. The fraction of sp³-hybridized carbons (Fsp3) is 0.476. The van der Waals surface area contributed by atoms with Crippen LogP contribution in [0, 0.1) is 5.41 Å². The molecular formula is C21H29BrN2O. The Hall–Kier alpha value is -1.39. The molecule has 0 radical (unpaired) electrons. The lowest BCUT2D eigenvalue weighted by molar-refractivity contribution is -0.126. The first-order chi connectivity index (χ1) is 11.7. The van der Waals surface area contributed by atoms with E-state index in [0.29, 0.717) is 6.54 Å². The second-order valence-corrected chi connectivity index (χ2v) is 8.46. The molecule has 0 bridgehead atoms. The molecule has 2 rings (SSSR count). The smallest absolute Gasteiger partial charge is 0.238 e. The zero-order valence-corrected chi connectivity index (χ0v) is 17.5. The molecule has 25 heavy (non-hydrogen) atoms. The molecule has 1 unspecified atom stereocenters. The van der Waals surface area contributed by atoms with Gasteiger partial charge >= 0.3 is 0 Å². The van der Waals surface area contributed by atoms with Crippen molar-refractivity contribution in [1.29, 1.82) is 0 Å². The van der Waals surface area contributed by atoms with Gasteiger partial charge in [-0.1, -0.05) is 53.6 Å². The Kier molecular flexibility index (Phi) is 5.95. The van der Waals surface area contributed by atoms with Gasteiger partial charge in [-0.2, -0.15) is 0 Å². The van der Waals surface area contributed by atoms with Gasteiger partial charge in [0.15, 0.2) is 0 Å². The first-order valence-electron chi connectivity index (χ1n) is 8.75. The van der Waals surface area contributed by atoms with E-state index in [1.165, 1.54) is 5.57 Å². The number of fused-ring (bicyclic) bond motifs is 1. The second-order valence-electron chi connectivity index (χ2n) is 7.54. The molecule has 1 heterocycles. The average molecular weight is 405 g/mol. The van der Waals surface area contributed by atoms with E-state index in [9.17, 15) is 4.79 Å². The molecule has 0 aromatic heterocycles. The van der Waals surface area contributed by atoms with Gasteiger partial charge in [0.2, 0.25) is 5.91 Å². The Balaban J connectivity index is 2.70. The molecule has 4 heteroatoms. The summed E-state index contributed by atoms with van der Waals surface area (Å²) >= 11 is 3.56. The van der Waals surface area contributed by atoms with Gasteiger partial charge in [0.05, 0.1) is 5.41 Å². The van der Waals surface area contributed by atoms with Crippen LogP contribution in [0.1, 0.15) is 39.7 Å². The van der Waals surface area contributed by atoms with Crippen LogP contribution >= 0.6 is 15.9 Å². The van der Waals surface area contributed by atoms with Crippen molar-refractivity contribution in [3.63, 3.8) is 0 Å². The monoisotopic (exact) mass is 404 g/mol. The molecule has 1 aromatic rings. The highest BCUT2D eigenvalue weighted by Crippen LogP contribution is 2.54. The molecule has 1 aliphatic heterocycles. The number of anilines is 1. The van der Waals surface area contributed by atoms with Crippen molar-refractivity contribution in [3.8, 4) is 0 Å². The maximum atomic E-state index is 13.7. The van der Waals surface area contributed by atoms with Crippen molar-refractivity contribution in [3.05, 3.63) is 52.5 Å². The fourth-order valence-corrected chi connectivity index (χ4v) is 4.02. The van der Waals surface area contributed by atoms with Crippen LogP contribution in [0.4, 0.5) is 5.69 Å². The number of hydrogen-bond donors (Lipinski definition) is 1. The molecule has 3 nitrogen and oxygen atoms in total. The van der Waals surface area contributed by atoms with Crippen LogP contribution < -0.4 is 10.2 Å². The minimum Gasteiger partial charge on any atom is -0.320 e. The highest BCUT2D eigenvalue weighted by molar-refractivity contribution is 9.10. The zero-order valence-electron chi connectivity index (χ0n) is 15.9. The van der Waals surface area contributed by atoms with Gasteiger partial charge in [-0.05, 0) is 51.6 Å². The van der Waals surface area contributed by atoms with E-state index in [1.54, 1.807) is 0 Å². The lowest BCUT2D eigenvalue weighted by atomic mass is 9.60. The maximum absolute atomic E-state index is 13.7. The second kappa shape index (κ2) is 7.46. The Morgan fingerprint density at radius 1 is 1.40 bits per heavy atom. The summed E-state index contributed by atoms with van der Waals surface area (Å²) in [4.78, 5) is 15.7. The van der Waals surface area contributed by atoms with Crippen LogP contribution in [0.3, 0.4) is 0 Å². The number of nitrogens with zero attached hydrogens (tertiary/aromatic N) is 1. The van der Waals surface area contributed by atoms with E-state index >= 15 is 0 Å². The van der Waals surface area contributed by atoms with Crippen LogP contribution in [0.25, 0.3) is 0 Å². The number of allylic oxidation sites excluding steroid dienone is 2. The van der Waals surface area contributed by atoms with Gasteiger partial charge in [0.1, 0.15) is 0 Å². The van der Waals surface area contributed by atoms with Gasteiger partial charge < -0.3 is 10.2 Å². The minimum absolute atomic E-state index is 0.165. The van der Waals surface area contributed by atoms with Gasteiger partial charge in [-0.25, -0.2) is 0 Å². The largest absolute Gasteiger partial charge is 0.320 e. The van der Waals surface area contributed by atoms with Crippen molar-refractivity contribution in [2.24, 2.45) is 5.41 Å². The molecule has 1 aliphatic rings. The van der Waals surface area contributed by atoms with E-state index in [-0.39, 0.29) is 11.3 Å². The number of carbonyl (C=O) groups is 1. The summed E-state index contributed by atoms with van der Waals surface area (Å²) in [5.74, 6) is 0.165. The van der Waals surface area contributed by atoms with E-state index < -0.39 is 5.41 Å². The lowest BCUT2D eigenvalue weighted by Gasteiger charge is -2.41. The summed E-state index contributed by atoms with van der Waals surface area (Å²) in [6.07, 6.45) is 4.77. The Labute approximate surface area is 160 Å². The maximum Gasteiger partial charge on any atom is 0.238 e. The fourth-order valence-electron chi connectivity index (χ4n) is 3.67. The van der Waals surface area contributed by atoms with Crippen LogP contribution in [-0.2, 0) is 10.2 Å². The molecule has 1 amide bonds. The van der Waals surface area contributed by atoms with E-state index in [2.05, 4.69) is 73.7 Å². The third-order valence-corrected chi connectivity index (χ3v) is 5.86. The molecule has 1 atom stereocenters. The SMILES string of the molecule is C=CC(C)(C)C1(CCNC)C(=O)N(CC=C(C)C)c2cc(Br)ccc21. The summed E-state index contributed by atoms with van der Waals surface area (Å²) < 4.78 is 0.988. The number of halogens is 1. The predicted octanol–water partition coefficient (Wildman–Crippen LogP) is 4.82. The number of hydrogen-bond acceptors (Lipinski definition) is 2. The first kappa shape index (κ1) is 19.9. The van der Waals surface area contributed by atoms with Crippen molar-refractivity contribution in [2.75, 3.05) is 25.0 Å². The molecule has 136 valence electrons. The Morgan fingerprint density at radius 3 is 2.64 bits per heavy atom. The van der Waals surface area contributed by atoms with Crippen LogP contribution in [-0.4, -0.2) is 26.0 Å². The van der Waals surface area contributed by atoms with Gasteiger partial charge in [-0.15, -0.1) is 6.58 Å². The highest BCUT2D eigenvalue weighted by Gasteiger charge is 2.57. The number of carbonyl (C=O) groups excluding carboxylic acids is 1. The van der Waals surface area contributed by atoms with E-state index in [4.69, 9.17) is 0 Å². The Bertz CT molecular complexity index is 704. The predicted molar refractivity (Wildman–Crippen MR) is 110 cm³/mol. The third kappa shape index (κ3) is 3.34. The summed E-state index contributed by atoms with van der Waals surface area (Å²) in [5.41, 5.74) is 2.35. The van der Waals surface area contributed by atoms with Crippen molar-refractivity contribution in [2.45, 2.75) is 39.5 Å². The zero-order chi connectivity index (χ0) is 18.8. The molecule has 1 N–H and O–H groups in total. The lowest BCUT2D eigenvalue weighted by Crippen LogP contribution is -2.50. The molecule has 0 fully saturated rings. The van der Waals surface area contributed by atoms with Crippen LogP contribution in [0.5, 0.6) is 0 Å². The quantitative estimate of drug-likeness (QED) is 0.660. The molecule has 0 aliphatic carbocycles. The minimum atomic E-state index is -0.608. The number of benzene rings is 1. The van der Waals surface area contributed by atoms with E-state index in [0.717, 1.165) is 28.7 Å². The van der Waals surface area contributed by atoms with Crippen LogP contribution in [0.2, 0.25) is 0 Å². The van der Waals surface area contributed by atoms with Crippen molar-refractivity contribution in [1.82, 2.24) is 5.32 Å². The summed E-state index contributed by atoms with van der Waals surface area (Å²) in [7, 11) is 1.93. The summed E-state index contributed by atoms with van der Waals surface area (Å²) in [6.45, 7) is 13.8. The Morgan fingerprint density at radius 2 is 2.08 bits per heavy atom. The highest BCUT2D eigenvalue weighted by atomic mass is 79.9. The van der Waals surface area contributed by atoms with Gasteiger partial charge in [0, 0.05) is 22.1 Å². The molecule has 0 spiro atoms. The summed E-state index contributed by atoms with van der Waals surface area (Å²) in [6, 6.07) is 6.19. The summed E-state index contributed by atoms with van der Waals surface area (Å²) in [5, 5.41) is 3.22. The molecule has 1 aromatic carbocycles. The van der Waals surface area contributed by atoms with E-state index in [1.807, 2.05) is 24.1 Å². The molecule has 0 saturated heterocycles. The normalized spacial score (nSPS) is 19.8. The van der Waals surface area contributed by atoms with Crippen molar-refractivity contribution < 1.29 is 4.79 Å². The van der Waals surface area contributed by atoms with Crippen LogP contribution in [0.15, 0.2) is 47.0 Å². The topological polar surface area (TPSA) is 32.3 Å².